The molecule has 2 N–H and O–H groups in total. The molecule has 0 unspecified atom stereocenters. The maximum absolute atomic E-state index is 11.7. The van der Waals surface area contributed by atoms with E-state index in [1.807, 2.05) is 0 Å². The van der Waals surface area contributed by atoms with E-state index in [9.17, 15) is 8.42 Å². The first-order valence-electron chi connectivity index (χ1n) is 4.66. The van der Waals surface area contributed by atoms with Crippen molar-refractivity contribution in [3.05, 3.63) is 12.5 Å². The smallest absolute Gasteiger partial charge is 0.259 e. The molecule has 1 aromatic heterocycles. The van der Waals surface area contributed by atoms with Crippen LogP contribution in [0, 0.1) is 0 Å². The minimum absolute atomic E-state index is 0.0198. The fourth-order valence-corrected chi connectivity index (χ4v) is 2.73. The summed E-state index contributed by atoms with van der Waals surface area (Å²) in [6.45, 7) is 0. The number of aryl methyl sites for hydroxylation is 1. The molecular weight excluding hydrogens is 218 g/mol. The van der Waals surface area contributed by atoms with Crippen molar-refractivity contribution in [3.63, 3.8) is 0 Å². The monoisotopic (exact) mass is 231 g/mol. The molecule has 1 aliphatic carbocycles. The van der Waals surface area contributed by atoms with Gasteiger partial charge in [-0.25, -0.2) is 18.1 Å². The zero-order valence-electron chi connectivity index (χ0n) is 8.29. The second kappa shape index (κ2) is 3.58. The molecule has 1 fully saturated rings. The van der Waals surface area contributed by atoms with E-state index in [-0.39, 0.29) is 17.2 Å². The van der Waals surface area contributed by atoms with Crippen LogP contribution in [0.5, 0.6) is 0 Å². The number of aromatic nitrogens is 2. The van der Waals surface area contributed by atoms with Crippen LogP contribution in [0.3, 0.4) is 0 Å². The third-order valence-corrected chi connectivity index (χ3v) is 3.80. The Hall–Kier alpha value is -0.920. The van der Waals surface area contributed by atoms with E-state index in [4.69, 9.17) is 5.11 Å². The van der Waals surface area contributed by atoms with Crippen LogP contribution in [0.4, 0.5) is 0 Å². The number of sulfonamides is 1. The minimum Gasteiger partial charge on any atom is -0.393 e. The Morgan fingerprint density at radius 2 is 2.27 bits per heavy atom. The summed E-state index contributed by atoms with van der Waals surface area (Å²) in [6.07, 6.45) is 3.46. The zero-order valence-corrected chi connectivity index (χ0v) is 9.11. The summed E-state index contributed by atoms with van der Waals surface area (Å²) >= 11 is 0. The maximum Gasteiger partial charge on any atom is 0.259 e. The summed E-state index contributed by atoms with van der Waals surface area (Å²) < 4.78 is 27.4. The highest BCUT2D eigenvalue weighted by Crippen LogP contribution is 2.21. The van der Waals surface area contributed by atoms with Crippen LogP contribution in [-0.2, 0) is 17.1 Å². The first-order chi connectivity index (χ1) is 6.97. The Labute approximate surface area is 88.0 Å². The molecule has 15 heavy (non-hydrogen) atoms. The molecule has 0 spiro atoms. The average Bonchev–Trinajstić information content (AvgIpc) is 2.49. The van der Waals surface area contributed by atoms with Crippen molar-refractivity contribution in [1.82, 2.24) is 14.3 Å². The number of hydrogen-bond donors (Lipinski definition) is 2. The molecule has 0 amide bonds. The summed E-state index contributed by atoms with van der Waals surface area (Å²) in [6, 6.07) is -0.160. The van der Waals surface area contributed by atoms with Gasteiger partial charge in [0.1, 0.15) is 0 Å². The van der Waals surface area contributed by atoms with Gasteiger partial charge < -0.3 is 9.67 Å². The van der Waals surface area contributed by atoms with Gasteiger partial charge in [0.25, 0.3) is 10.0 Å². The van der Waals surface area contributed by atoms with E-state index in [2.05, 4.69) is 9.71 Å². The Morgan fingerprint density at radius 3 is 2.73 bits per heavy atom. The SMILES string of the molecule is Cn1cnc(S(=O)(=O)NC2CC(O)C2)c1. The van der Waals surface area contributed by atoms with Crippen LogP contribution in [0.1, 0.15) is 12.8 Å². The molecule has 0 radical (unpaired) electrons. The van der Waals surface area contributed by atoms with Crippen molar-refractivity contribution in [1.29, 1.82) is 0 Å². The van der Waals surface area contributed by atoms with Crippen LogP contribution in [0.15, 0.2) is 17.6 Å². The molecule has 1 aromatic rings. The van der Waals surface area contributed by atoms with Gasteiger partial charge in [0.2, 0.25) is 0 Å². The molecule has 2 rings (SSSR count). The van der Waals surface area contributed by atoms with Gasteiger partial charge in [-0.1, -0.05) is 0 Å². The first-order valence-corrected chi connectivity index (χ1v) is 6.14. The molecule has 0 bridgehead atoms. The van der Waals surface area contributed by atoms with Crippen LogP contribution in [0.2, 0.25) is 0 Å². The topological polar surface area (TPSA) is 84.2 Å². The normalized spacial score (nSPS) is 26.3. The van der Waals surface area contributed by atoms with E-state index in [1.54, 1.807) is 11.6 Å². The number of nitrogens with one attached hydrogen (secondary N) is 1. The number of aliphatic hydroxyl groups excluding tert-OH is 1. The molecule has 84 valence electrons. The van der Waals surface area contributed by atoms with Crippen LogP contribution in [-0.4, -0.2) is 35.2 Å². The van der Waals surface area contributed by atoms with Crippen molar-refractivity contribution >= 4 is 10.0 Å². The molecular formula is C8H13N3O3S. The van der Waals surface area contributed by atoms with Gasteiger partial charge in [0, 0.05) is 19.3 Å². The number of imidazole rings is 1. The van der Waals surface area contributed by atoms with Crippen molar-refractivity contribution in [2.24, 2.45) is 7.05 Å². The predicted octanol–water partition coefficient (Wildman–Crippen LogP) is -0.778. The van der Waals surface area contributed by atoms with Crippen molar-refractivity contribution < 1.29 is 13.5 Å². The summed E-state index contributed by atoms with van der Waals surface area (Å²) in [5.41, 5.74) is 0. The summed E-state index contributed by atoms with van der Waals surface area (Å²) in [5.74, 6) is 0. The number of hydrogen-bond acceptors (Lipinski definition) is 4. The highest BCUT2D eigenvalue weighted by atomic mass is 32.2. The molecule has 0 aliphatic heterocycles. The first kappa shape index (κ1) is 10.6. The van der Waals surface area contributed by atoms with Gasteiger partial charge in [0.15, 0.2) is 5.03 Å². The molecule has 1 saturated carbocycles. The lowest BCUT2D eigenvalue weighted by Crippen LogP contribution is -2.46. The number of aliphatic hydroxyl groups is 1. The Kier molecular flexibility index (Phi) is 2.53. The zero-order chi connectivity index (χ0) is 11.1. The molecule has 1 heterocycles. The van der Waals surface area contributed by atoms with Crippen LogP contribution in [0.25, 0.3) is 0 Å². The average molecular weight is 231 g/mol. The lowest BCUT2D eigenvalue weighted by molar-refractivity contribution is 0.0712. The van der Waals surface area contributed by atoms with Gasteiger partial charge in [0.05, 0.1) is 12.4 Å². The lowest BCUT2D eigenvalue weighted by atomic mass is 9.91. The minimum atomic E-state index is -3.52. The Morgan fingerprint density at radius 1 is 1.60 bits per heavy atom. The molecule has 0 saturated heterocycles. The van der Waals surface area contributed by atoms with Gasteiger partial charge in [-0.2, -0.15) is 0 Å². The van der Waals surface area contributed by atoms with E-state index >= 15 is 0 Å². The highest BCUT2D eigenvalue weighted by molar-refractivity contribution is 7.89. The molecule has 6 nitrogen and oxygen atoms in total. The van der Waals surface area contributed by atoms with Crippen molar-refractivity contribution in [3.8, 4) is 0 Å². The number of nitrogens with zero attached hydrogens (tertiary/aromatic N) is 2. The van der Waals surface area contributed by atoms with Gasteiger partial charge in [-0.05, 0) is 12.8 Å². The number of rotatable bonds is 3. The van der Waals surface area contributed by atoms with E-state index in [0.717, 1.165) is 0 Å². The summed E-state index contributed by atoms with van der Waals surface area (Å²) in [4.78, 5) is 3.77. The standard InChI is InChI=1S/C8H13N3O3S/c1-11-4-8(9-5-11)15(13,14)10-6-2-7(12)3-6/h4-7,10,12H,2-3H2,1H3. The fourth-order valence-electron chi connectivity index (χ4n) is 1.49. The second-order valence-electron chi connectivity index (χ2n) is 3.82. The largest absolute Gasteiger partial charge is 0.393 e. The maximum atomic E-state index is 11.7. The fraction of sp³-hybridized carbons (Fsp3) is 0.625. The third-order valence-electron chi connectivity index (χ3n) is 2.39. The highest BCUT2D eigenvalue weighted by Gasteiger charge is 2.31. The third kappa shape index (κ3) is 2.19. The Bertz CT molecular complexity index is 447. The van der Waals surface area contributed by atoms with Crippen molar-refractivity contribution in [2.75, 3.05) is 0 Å². The second-order valence-corrected chi connectivity index (χ2v) is 5.48. The lowest BCUT2D eigenvalue weighted by Gasteiger charge is -2.31. The van der Waals surface area contributed by atoms with E-state index < -0.39 is 10.0 Å². The van der Waals surface area contributed by atoms with E-state index in [0.29, 0.717) is 12.8 Å². The van der Waals surface area contributed by atoms with Crippen LogP contribution < -0.4 is 4.72 Å². The Balaban J connectivity index is 2.07. The summed E-state index contributed by atoms with van der Waals surface area (Å²) in [7, 11) is -1.81. The van der Waals surface area contributed by atoms with E-state index in [1.165, 1.54) is 12.5 Å². The summed E-state index contributed by atoms with van der Waals surface area (Å²) in [5, 5.41) is 9.06. The van der Waals surface area contributed by atoms with Gasteiger partial charge in [-0.15, -0.1) is 0 Å². The van der Waals surface area contributed by atoms with Crippen LogP contribution >= 0.6 is 0 Å². The predicted molar refractivity (Wildman–Crippen MR) is 52.6 cm³/mol. The quantitative estimate of drug-likeness (QED) is 0.715. The molecule has 7 heteroatoms. The van der Waals surface area contributed by atoms with Gasteiger partial charge in [-0.3, -0.25) is 0 Å². The van der Waals surface area contributed by atoms with Crippen molar-refractivity contribution in [2.45, 2.75) is 30.0 Å². The molecule has 0 aromatic carbocycles. The molecule has 1 aliphatic rings. The molecule has 0 atom stereocenters. The van der Waals surface area contributed by atoms with Gasteiger partial charge >= 0.3 is 0 Å².